The van der Waals surface area contributed by atoms with E-state index in [2.05, 4.69) is 6.92 Å². The summed E-state index contributed by atoms with van der Waals surface area (Å²) < 4.78 is 10.8. The van der Waals surface area contributed by atoms with E-state index in [-0.39, 0.29) is 23.0 Å². The van der Waals surface area contributed by atoms with Gasteiger partial charge in [-0.15, -0.1) is 11.3 Å². The zero-order valence-electron chi connectivity index (χ0n) is 14.0. The van der Waals surface area contributed by atoms with Crippen LogP contribution in [0, 0.1) is 5.41 Å². The minimum Gasteiger partial charge on any atom is -0.392 e. The van der Waals surface area contributed by atoms with E-state index in [1.165, 1.54) is 11.3 Å². The fourth-order valence-corrected chi connectivity index (χ4v) is 5.06. The predicted octanol–water partition coefficient (Wildman–Crippen LogP) is 2.29. The van der Waals surface area contributed by atoms with Crippen LogP contribution >= 0.6 is 11.3 Å². The van der Waals surface area contributed by atoms with Crippen LogP contribution in [-0.4, -0.2) is 54.9 Å². The van der Waals surface area contributed by atoms with Crippen LogP contribution in [0.5, 0.6) is 0 Å². The molecular formula is C17H25NO4S. The first-order valence-electron chi connectivity index (χ1n) is 8.06. The Morgan fingerprint density at radius 3 is 2.65 bits per heavy atom. The van der Waals surface area contributed by atoms with Crippen LogP contribution in [0.2, 0.25) is 0 Å². The number of rotatable bonds is 4. The average molecular weight is 339 g/mol. The van der Waals surface area contributed by atoms with Crippen molar-refractivity contribution < 1.29 is 19.4 Å². The van der Waals surface area contributed by atoms with E-state index < -0.39 is 0 Å². The molecule has 23 heavy (non-hydrogen) atoms. The number of aliphatic hydroxyl groups is 1. The van der Waals surface area contributed by atoms with E-state index in [1.54, 1.807) is 14.2 Å². The lowest BCUT2D eigenvalue weighted by molar-refractivity contribution is -0.259. The monoisotopic (exact) mass is 339 g/mol. The highest BCUT2D eigenvalue weighted by Crippen LogP contribution is 2.58. The van der Waals surface area contributed by atoms with Gasteiger partial charge in [0.1, 0.15) is 0 Å². The zero-order valence-corrected chi connectivity index (χ0v) is 14.8. The molecule has 1 N–H and O–H groups in total. The lowest BCUT2D eigenvalue weighted by atomic mass is 9.51. The van der Waals surface area contributed by atoms with Gasteiger partial charge >= 0.3 is 0 Å². The fourth-order valence-electron chi connectivity index (χ4n) is 4.11. The van der Waals surface area contributed by atoms with E-state index in [0.717, 1.165) is 22.6 Å². The molecule has 1 aromatic heterocycles. The maximum atomic E-state index is 12.6. The summed E-state index contributed by atoms with van der Waals surface area (Å²) in [4.78, 5) is 16.4. The number of hydrogen-bond acceptors (Lipinski definition) is 5. The van der Waals surface area contributed by atoms with E-state index in [1.807, 2.05) is 17.0 Å². The number of methoxy groups -OCH3 is 2. The molecule has 0 radical (unpaired) electrons. The van der Waals surface area contributed by atoms with Crippen molar-refractivity contribution in [3.63, 3.8) is 0 Å². The van der Waals surface area contributed by atoms with Gasteiger partial charge < -0.3 is 19.5 Å². The molecule has 3 rings (SSSR count). The Labute approximate surface area is 141 Å². The van der Waals surface area contributed by atoms with E-state index in [4.69, 9.17) is 9.47 Å². The number of aliphatic hydroxyl groups excluding tert-OH is 1. The van der Waals surface area contributed by atoms with Gasteiger partial charge in [-0.3, -0.25) is 4.79 Å². The Morgan fingerprint density at radius 2 is 2.09 bits per heavy atom. The highest BCUT2D eigenvalue weighted by atomic mass is 32.1. The number of likely N-dealkylation sites (tertiary alicyclic amines) is 1. The molecule has 2 atom stereocenters. The number of thiophene rings is 1. The normalized spacial score (nSPS) is 29.6. The molecule has 1 saturated heterocycles. The van der Waals surface area contributed by atoms with Gasteiger partial charge in [0.15, 0.2) is 0 Å². The van der Waals surface area contributed by atoms with E-state index >= 15 is 0 Å². The summed E-state index contributed by atoms with van der Waals surface area (Å²) in [6.07, 6.45) is 1.95. The van der Waals surface area contributed by atoms with Crippen LogP contribution in [0.25, 0.3) is 0 Å². The molecule has 0 bridgehead atoms. The standard InChI is InChI=1S/C17H25NO4S/c1-16(22-3)10-14(19)17(16)6-8-18(9-7-17)15(20)13-5-4-12(23-13)11-21-2/h4-5,14,19H,6-11H2,1-3H3. The minimum atomic E-state index is -0.320. The molecular weight excluding hydrogens is 314 g/mol. The summed E-state index contributed by atoms with van der Waals surface area (Å²) in [5.41, 5.74) is -0.467. The molecule has 2 heterocycles. The highest BCUT2D eigenvalue weighted by Gasteiger charge is 2.63. The third-order valence-electron chi connectivity index (χ3n) is 5.83. The second kappa shape index (κ2) is 6.16. The smallest absolute Gasteiger partial charge is 0.263 e. The molecule has 1 aliphatic heterocycles. The van der Waals surface area contributed by atoms with Crippen LogP contribution in [-0.2, 0) is 16.1 Å². The summed E-state index contributed by atoms with van der Waals surface area (Å²) in [5, 5.41) is 10.3. The molecule has 5 nitrogen and oxygen atoms in total. The molecule has 1 amide bonds. The highest BCUT2D eigenvalue weighted by molar-refractivity contribution is 7.14. The molecule has 1 aliphatic carbocycles. The average Bonchev–Trinajstić information content (AvgIpc) is 3.03. The van der Waals surface area contributed by atoms with Crippen molar-refractivity contribution in [3.05, 3.63) is 21.9 Å². The van der Waals surface area contributed by atoms with Crippen LogP contribution in [0.3, 0.4) is 0 Å². The SMILES string of the molecule is COCc1ccc(C(=O)N2CCC3(CC2)C(O)CC3(C)OC)s1. The Morgan fingerprint density at radius 1 is 1.39 bits per heavy atom. The Bertz CT molecular complexity index is 579. The van der Waals surface area contributed by atoms with Crippen molar-refractivity contribution in [2.24, 2.45) is 5.41 Å². The van der Waals surface area contributed by atoms with Crippen molar-refractivity contribution in [3.8, 4) is 0 Å². The van der Waals surface area contributed by atoms with Crippen LogP contribution < -0.4 is 0 Å². The second-order valence-corrected chi connectivity index (χ2v) is 7.97. The van der Waals surface area contributed by atoms with Crippen molar-refractivity contribution >= 4 is 17.2 Å². The number of carbonyl (C=O) groups is 1. The lowest BCUT2D eigenvalue weighted by Gasteiger charge is -2.62. The molecule has 2 fully saturated rings. The van der Waals surface area contributed by atoms with Crippen LogP contribution in [0.4, 0.5) is 0 Å². The van der Waals surface area contributed by atoms with Crippen LogP contribution in [0.1, 0.15) is 40.7 Å². The summed E-state index contributed by atoms with van der Waals surface area (Å²) in [5.74, 6) is 0.0835. The summed E-state index contributed by atoms with van der Waals surface area (Å²) in [6, 6.07) is 3.83. The molecule has 2 aliphatic rings. The fraction of sp³-hybridized carbons (Fsp3) is 0.706. The number of ether oxygens (including phenoxy) is 2. The first kappa shape index (κ1) is 16.9. The summed E-state index contributed by atoms with van der Waals surface area (Å²) >= 11 is 1.49. The predicted molar refractivity (Wildman–Crippen MR) is 88.6 cm³/mol. The van der Waals surface area contributed by atoms with Crippen molar-refractivity contribution in [1.29, 1.82) is 0 Å². The second-order valence-electron chi connectivity index (χ2n) is 6.80. The largest absolute Gasteiger partial charge is 0.392 e. The van der Waals surface area contributed by atoms with Gasteiger partial charge in [0, 0.05) is 44.0 Å². The Kier molecular flexibility index (Phi) is 4.53. The van der Waals surface area contributed by atoms with Crippen LogP contribution in [0.15, 0.2) is 12.1 Å². The minimum absolute atomic E-state index is 0.0835. The molecule has 1 aromatic rings. The maximum Gasteiger partial charge on any atom is 0.263 e. The number of piperidine rings is 1. The number of nitrogens with zero attached hydrogens (tertiary/aromatic N) is 1. The first-order valence-corrected chi connectivity index (χ1v) is 8.87. The lowest BCUT2D eigenvalue weighted by Crippen LogP contribution is -2.69. The number of carbonyl (C=O) groups excluding carboxylic acids is 1. The third-order valence-corrected chi connectivity index (χ3v) is 6.87. The zero-order chi connectivity index (χ0) is 16.7. The van der Waals surface area contributed by atoms with Gasteiger partial charge in [-0.25, -0.2) is 0 Å². The van der Waals surface area contributed by atoms with Gasteiger partial charge in [0.25, 0.3) is 5.91 Å². The van der Waals surface area contributed by atoms with Gasteiger partial charge in [0.05, 0.1) is 23.2 Å². The molecule has 128 valence electrons. The molecule has 0 aromatic carbocycles. The van der Waals surface area contributed by atoms with Crippen molar-refractivity contribution in [2.45, 2.75) is 44.5 Å². The third kappa shape index (κ3) is 2.61. The maximum absolute atomic E-state index is 12.6. The summed E-state index contributed by atoms with van der Waals surface area (Å²) in [7, 11) is 3.37. The van der Waals surface area contributed by atoms with E-state index in [0.29, 0.717) is 26.1 Å². The number of amides is 1. The van der Waals surface area contributed by atoms with Gasteiger partial charge in [-0.1, -0.05) is 0 Å². The topological polar surface area (TPSA) is 59.0 Å². The Hall–Kier alpha value is -0.950. The molecule has 2 unspecified atom stereocenters. The molecule has 1 spiro atoms. The van der Waals surface area contributed by atoms with Gasteiger partial charge in [-0.2, -0.15) is 0 Å². The summed E-state index contributed by atoms with van der Waals surface area (Å²) in [6.45, 7) is 3.96. The quantitative estimate of drug-likeness (QED) is 0.914. The Balaban J connectivity index is 1.65. The van der Waals surface area contributed by atoms with Crippen molar-refractivity contribution in [1.82, 2.24) is 4.90 Å². The van der Waals surface area contributed by atoms with Gasteiger partial charge in [-0.05, 0) is 31.9 Å². The molecule has 6 heteroatoms. The van der Waals surface area contributed by atoms with Crippen molar-refractivity contribution in [2.75, 3.05) is 27.3 Å². The number of hydrogen-bond donors (Lipinski definition) is 1. The van der Waals surface area contributed by atoms with E-state index in [9.17, 15) is 9.90 Å². The molecule has 1 saturated carbocycles. The van der Waals surface area contributed by atoms with Gasteiger partial charge in [0.2, 0.25) is 0 Å². The first-order chi connectivity index (χ1) is 11.0.